The molecule has 0 aliphatic rings. The van der Waals surface area contributed by atoms with Crippen molar-refractivity contribution >= 4 is 23.2 Å². The molecule has 0 aliphatic heterocycles. The summed E-state index contributed by atoms with van der Waals surface area (Å²) >= 11 is 5.87. The molecular formula is C15H13ClN4. The van der Waals surface area contributed by atoms with Gasteiger partial charge in [-0.2, -0.15) is 4.98 Å². The predicted octanol–water partition coefficient (Wildman–Crippen LogP) is 4.18. The minimum atomic E-state index is 0.541. The Morgan fingerprint density at radius 2 is 1.70 bits per heavy atom. The molecule has 0 radical (unpaired) electrons. The Morgan fingerprint density at radius 1 is 1.00 bits per heavy atom. The first-order chi connectivity index (χ1) is 9.70. The summed E-state index contributed by atoms with van der Waals surface area (Å²) in [6.45, 7) is 2.05. The number of benzene rings is 2. The van der Waals surface area contributed by atoms with Gasteiger partial charge in [0.25, 0.3) is 0 Å². The van der Waals surface area contributed by atoms with Crippen LogP contribution < -0.4 is 5.32 Å². The molecule has 0 atom stereocenters. The second-order valence-corrected chi connectivity index (χ2v) is 4.94. The van der Waals surface area contributed by atoms with E-state index in [4.69, 9.17) is 11.6 Å². The fourth-order valence-corrected chi connectivity index (χ4v) is 1.95. The largest absolute Gasteiger partial charge is 0.323 e. The number of aromatic amines is 1. The van der Waals surface area contributed by atoms with Crippen molar-refractivity contribution < 1.29 is 0 Å². The summed E-state index contributed by atoms with van der Waals surface area (Å²) in [7, 11) is 0. The third kappa shape index (κ3) is 2.81. The summed E-state index contributed by atoms with van der Waals surface area (Å²) in [6.07, 6.45) is 0. The molecule has 0 aliphatic carbocycles. The third-order valence-corrected chi connectivity index (χ3v) is 3.16. The van der Waals surface area contributed by atoms with Crippen LogP contribution in [0.2, 0.25) is 5.02 Å². The number of H-pyrrole nitrogens is 1. The minimum absolute atomic E-state index is 0.541. The lowest BCUT2D eigenvalue weighted by molar-refractivity contribution is 1.10. The first-order valence-corrected chi connectivity index (χ1v) is 6.60. The Bertz CT molecular complexity index is 701. The average Bonchev–Trinajstić information content (AvgIpc) is 2.91. The number of rotatable bonds is 3. The summed E-state index contributed by atoms with van der Waals surface area (Å²) in [5, 5.41) is 10.9. The zero-order valence-corrected chi connectivity index (χ0v) is 11.6. The molecule has 0 bridgehead atoms. The molecule has 0 amide bonds. The van der Waals surface area contributed by atoms with Gasteiger partial charge in [0.2, 0.25) is 5.95 Å². The van der Waals surface area contributed by atoms with Crippen LogP contribution in [-0.4, -0.2) is 15.2 Å². The second kappa shape index (κ2) is 5.35. The van der Waals surface area contributed by atoms with Crippen LogP contribution >= 0.6 is 11.6 Å². The van der Waals surface area contributed by atoms with Crippen LogP contribution in [0.1, 0.15) is 5.56 Å². The molecule has 1 heterocycles. The minimum Gasteiger partial charge on any atom is -0.323 e. The lowest BCUT2D eigenvalue weighted by Gasteiger charge is -2.01. The van der Waals surface area contributed by atoms with Gasteiger partial charge in [0.1, 0.15) is 0 Å². The van der Waals surface area contributed by atoms with Crippen molar-refractivity contribution in [3.63, 3.8) is 0 Å². The molecule has 2 N–H and O–H groups in total. The summed E-state index contributed by atoms with van der Waals surface area (Å²) < 4.78 is 0. The van der Waals surface area contributed by atoms with E-state index in [1.54, 1.807) is 0 Å². The zero-order valence-electron chi connectivity index (χ0n) is 10.9. The SMILES string of the molecule is Cc1ccc(Nc2n[nH]c(-c3ccc(Cl)cc3)n2)cc1. The normalized spacial score (nSPS) is 10.5. The molecule has 3 rings (SSSR count). The summed E-state index contributed by atoms with van der Waals surface area (Å²) in [5.74, 6) is 1.25. The maximum atomic E-state index is 5.87. The summed E-state index contributed by atoms with van der Waals surface area (Å²) in [6, 6.07) is 15.5. The van der Waals surface area contributed by atoms with Crippen molar-refractivity contribution in [3.05, 3.63) is 59.1 Å². The summed E-state index contributed by atoms with van der Waals surface area (Å²) in [4.78, 5) is 4.41. The number of nitrogens with zero attached hydrogens (tertiary/aromatic N) is 2. The van der Waals surface area contributed by atoms with Crippen LogP contribution in [0, 0.1) is 6.92 Å². The van der Waals surface area contributed by atoms with E-state index in [1.807, 2.05) is 48.5 Å². The van der Waals surface area contributed by atoms with Gasteiger partial charge in [0.05, 0.1) is 0 Å². The van der Waals surface area contributed by atoms with Crippen molar-refractivity contribution in [1.29, 1.82) is 0 Å². The molecule has 0 spiro atoms. The molecule has 3 aromatic rings. The number of hydrogen-bond donors (Lipinski definition) is 2. The number of halogens is 1. The molecular weight excluding hydrogens is 272 g/mol. The molecule has 1 aromatic heterocycles. The van der Waals surface area contributed by atoms with Gasteiger partial charge in [0.15, 0.2) is 5.82 Å². The molecule has 0 unspecified atom stereocenters. The van der Waals surface area contributed by atoms with Crippen LogP contribution in [0.25, 0.3) is 11.4 Å². The molecule has 4 nitrogen and oxygen atoms in total. The smallest absolute Gasteiger partial charge is 0.246 e. The quantitative estimate of drug-likeness (QED) is 0.759. The van der Waals surface area contributed by atoms with E-state index in [0.29, 0.717) is 16.8 Å². The van der Waals surface area contributed by atoms with Crippen LogP contribution in [-0.2, 0) is 0 Å². The predicted molar refractivity (Wildman–Crippen MR) is 81.3 cm³/mol. The van der Waals surface area contributed by atoms with Gasteiger partial charge < -0.3 is 5.32 Å². The summed E-state index contributed by atoms with van der Waals surface area (Å²) in [5.41, 5.74) is 3.11. The van der Waals surface area contributed by atoms with Crippen LogP contribution in [0.15, 0.2) is 48.5 Å². The van der Waals surface area contributed by atoms with Crippen molar-refractivity contribution in [2.75, 3.05) is 5.32 Å². The van der Waals surface area contributed by atoms with E-state index < -0.39 is 0 Å². The Hall–Kier alpha value is -2.33. The van der Waals surface area contributed by atoms with Gasteiger partial charge in [-0.3, -0.25) is 5.10 Å². The second-order valence-electron chi connectivity index (χ2n) is 4.51. The molecule has 0 saturated heterocycles. The van der Waals surface area contributed by atoms with Gasteiger partial charge >= 0.3 is 0 Å². The van der Waals surface area contributed by atoms with Gasteiger partial charge in [-0.1, -0.05) is 29.3 Å². The van der Waals surface area contributed by atoms with Crippen molar-refractivity contribution in [1.82, 2.24) is 15.2 Å². The van der Waals surface area contributed by atoms with Crippen molar-refractivity contribution in [3.8, 4) is 11.4 Å². The van der Waals surface area contributed by atoms with Crippen molar-refractivity contribution in [2.45, 2.75) is 6.92 Å². The van der Waals surface area contributed by atoms with Gasteiger partial charge in [-0.15, -0.1) is 5.10 Å². The molecule has 2 aromatic carbocycles. The maximum Gasteiger partial charge on any atom is 0.246 e. The number of nitrogens with one attached hydrogen (secondary N) is 2. The topological polar surface area (TPSA) is 53.6 Å². The van der Waals surface area contributed by atoms with Crippen molar-refractivity contribution in [2.24, 2.45) is 0 Å². The van der Waals surface area contributed by atoms with Crippen LogP contribution in [0.4, 0.5) is 11.6 Å². The fraction of sp³-hybridized carbons (Fsp3) is 0.0667. The van der Waals surface area contributed by atoms with E-state index in [2.05, 4.69) is 27.4 Å². The lowest BCUT2D eigenvalue weighted by Crippen LogP contribution is -1.92. The lowest BCUT2D eigenvalue weighted by atomic mass is 10.2. The van der Waals surface area contributed by atoms with E-state index in [-0.39, 0.29) is 0 Å². The van der Waals surface area contributed by atoms with E-state index in [9.17, 15) is 0 Å². The Morgan fingerprint density at radius 3 is 2.40 bits per heavy atom. The highest BCUT2D eigenvalue weighted by molar-refractivity contribution is 6.30. The van der Waals surface area contributed by atoms with E-state index >= 15 is 0 Å². The van der Waals surface area contributed by atoms with Gasteiger partial charge in [-0.05, 0) is 43.3 Å². The highest BCUT2D eigenvalue weighted by Crippen LogP contribution is 2.20. The Balaban J connectivity index is 1.80. The molecule has 100 valence electrons. The standard InChI is InChI=1S/C15H13ClN4/c1-10-2-8-13(9-3-10)17-15-18-14(19-20-15)11-4-6-12(16)7-5-11/h2-9H,1H3,(H2,17,18,19,20). The number of hydrogen-bond acceptors (Lipinski definition) is 3. The number of aryl methyl sites for hydroxylation is 1. The first kappa shape index (κ1) is 12.7. The number of anilines is 2. The highest BCUT2D eigenvalue weighted by atomic mass is 35.5. The first-order valence-electron chi connectivity index (χ1n) is 6.23. The van der Waals surface area contributed by atoms with E-state index in [1.165, 1.54) is 5.56 Å². The Kier molecular flexibility index (Phi) is 3.39. The average molecular weight is 285 g/mol. The molecule has 0 saturated carbocycles. The third-order valence-electron chi connectivity index (χ3n) is 2.91. The fourth-order valence-electron chi connectivity index (χ4n) is 1.82. The maximum absolute atomic E-state index is 5.87. The van der Waals surface area contributed by atoms with Gasteiger partial charge in [0, 0.05) is 16.3 Å². The van der Waals surface area contributed by atoms with E-state index in [0.717, 1.165) is 11.3 Å². The van der Waals surface area contributed by atoms with Gasteiger partial charge in [-0.25, -0.2) is 0 Å². The molecule has 20 heavy (non-hydrogen) atoms. The molecule has 0 fully saturated rings. The molecule has 5 heteroatoms. The highest BCUT2D eigenvalue weighted by Gasteiger charge is 2.05. The Labute approximate surface area is 121 Å². The monoisotopic (exact) mass is 284 g/mol. The number of aromatic nitrogens is 3. The van der Waals surface area contributed by atoms with Crippen LogP contribution in [0.3, 0.4) is 0 Å². The zero-order chi connectivity index (χ0) is 13.9. The van der Waals surface area contributed by atoms with Crippen LogP contribution in [0.5, 0.6) is 0 Å².